The fourth-order valence-electron chi connectivity index (χ4n) is 1.93. The van der Waals surface area contributed by atoms with E-state index in [1.807, 2.05) is 20.8 Å². The van der Waals surface area contributed by atoms with Crippen LogP contribution in [0.3, 0.4) is 0 Å². The van der Waals surface area contributed by atoms with Crippen LogP contribution in [0, 0.1) is 0 Å². The molecule has 0 aromatic heterocycles. The Kier molecular flexibility index (Phi) is 4.44. The molecule has 1 fully saturated rings. The summed E-state index contributed by atoms with van der Waals surface area (Å²) >= 11 is 11.7. The van der Waals surface area contributed by atoms with Gasteiger partial charge in [-0.1, -0.05) is 23.2 Å². The summed E-state index contributed by atoms with van der Waals surface area (Å²) in [6.07, 6.45) is -0.317. The van der Waals surface area contributed by atoms with Crippen LogP contribution in [0.4, 0.5) is 10.5 Å². The Morgan fingerprint density at radius 3 is 2.33 bits per heavy atom. The van der Waals surface area contributed by atoms with Crippen molar-refractivity contribution >= 4 is 35.0 Å². The molecule has 2 rings (SSSR count). The van der Waals surface area contributed by atoms with Crippen molar-refractivity contribution in [3.8, 4) is 5.75 Å². The van der Waals surface area contributed by atoms with E-state index in [-0.39, 0.29) is 27.9 Å². The number of rotatable bonds is 2. The van der Waals surface area contributed by atoms with Crippen molar-refractivity contribution in [1.29, 1.82) is 0 Å². The van der Waals surface area contributed by atoms with Gasteiger partial charge in [0.25, 0.3) is 0 Å². The molecule has 1 aliphatic rings. The number of hydrogen-bond acceptors (Lipinski definition) is 4. The van der Waals surface area contributed by atoms with Crippen LogP contribution in [0.1, 0.15) is 20.8 Å². The summed E-state index contributed by atoms with van der Waals surface area (Å²) in [5, 5.41) is 13.1. The van der Waals surface area contributed by atoms with Crippen molar-refractivity contribution in [3.05, 3.63) is 22.2 Å². The number of phenolic OH excluding ortho intramolecular Hbond substituents is 1. The summed E-state index contributed by atoms with van der Waals surface area (Å²) in [5.41, 5.74) is 0.213. The highest BCUT2D eigenvalue weighted by Gasteiger charge is 2.33. The first-order chi connectivity index (χ1) is 9.65. The summed E-state index contributed by atoms with van der Waals surface area (Å²) < 4.78 is 5.28. The number of carbonyl (C=O) groups excluding carboxylic acids is 1. The van der Waals surface area contributed by atoms with Crippen LogP contribution in [0.15, 0.2) is 12.1 Å². The van der Waals surface area contributed by atoms with Gasteiger partial charge < -0.3 is 20.1 Å². The van der Waals surface area contributed by atoms with Crippen LogP contribution in [-0.2, 0) is 4.74 Å². The minimum Gasteiger partial charge on any atom is -0.505 e. The average Bonchev–Trinajstić information content (AvgIpc) is 2.27. The molecule has 0 bridgehead atoms. The summed E-state index contributed by atoms with van der Waals surface area (Å²) in [6.45, 7) is 6.60. The molecule has 1 aromatic rings. The Morgan fingerprint density at radius 2 is 1.86 bits per heavy atom. The molecule has 1 heterocycles. The second-order valence-electron chi connectivity index (χ2n) is 6.02. The third kappa shape index (κ3) is 4.08. The molecular weight excluding hydrogens is 315 g/mol. The highest BCUT2D eigenvalue weighted by Crippen LogP contribution is 2.35. The van der Waals surface area contributed by atoms with Crippen molar-refractivity contribution in [2.45, 2.75) is 32.4 Å². The van der Waals surface area contributed by atoms with E-state index < -0.39 is 5.60 Å². The number of nitrogens with zero attached hydrogens (tertiary/aromatic N) is 1. The second kappa shape index (κ2) is 5.81. The Labute approximate surface area is 133 Å². The first-order valence-electron chi connectivity index (χ1n) is 6.58. The summed E-state index contributed by atoms with van der Waals surface area (Å²) in [6, 6.07) is 3.30. The van der Waals surface area contributed by atoms with Gasteiger partial charge in [-0.15, -0.1) is 0 Å². The predicted molar refractivity (Wildman–Crippen MR) is 83.3 cm³/mol. The monoisotopic (exact) mass is 332 g/mol. The lowest BCUT2D eigenvalue weighted by Crippen LogP contribution is -2.57. The summed E-state index contributed by atoms with van der Waals surface area (Å²) in [7, 11) is 0. The van der Waals surface area contributed by atoms with E-state index in [1.54, 1.807) is 17.0 Å². The molecule has 0 spiro atoms. The third-order valence-electron chi connectivity index (χ3n) is 2.92. The van der Waals surface area contributed by atoms with Gasteiger partial charge in [-0.3, -0.25) is 0 Å². The maximum atomic E-state index is 11.8. The van der Waals surface area contributed by atoms with E-state index in [0.717, 1.165) is 0 Å². The Balaban J connectivity index is 1.87. The molecule has 1 aromatic carbocycles. The molecule has 1 amide bonds. The SMILES string of the molecule is CC(C)(C)OC(=O)N1CC(Nc2cc(Cl)c(O)c(Cl)c2)C1. The summed E-state index contributed by atoms with van der Waals surface area (Å²) in [4.78, 5) is 13.4. The van der Waals surface area contributed by atoms with Crippen molar-refractivity contribution in [3.63, 3.8) is 0 Å². The molecule has 0 atom stereocenters. The average molecular weight is 333 g/mol. The zero-order chi connectivity index (χ0) is 15.8. The number of phenols is 1. The number of benzene rings is 1. The van der Waals surface area contributed by atoms with Crippen LogP contribution in [0.25, 0.3) is 0 Å². The van der Waals surface area contributed by atoms with Gasteiger partial charge in [0.2, 0.25) is 0 Å². The predicted octanol–water partition coefficient (Wildman–Crippen LogP) is 3.73. The van der Waals surface area contributed by atoms with Gasteiger partial charge in [-0.2, -0.15) is 0 Å². The quantitative estimate of drug-likeness (QED) is 0.810. The highest BCUT2D eigenvalue weighted by atomic mass is 35.5. The first kappa shape index (κ1) is 16.0. The van der Waals surface area contributed by atoms with Crippen molar-refractivity contribution < 1.29 is 14.6 Å². The molecule has 1 saturated heterocycles. The van der Waals surface area contributed by atoms with Gasteiger partial charge in [0.1, 0.15) is 5.60 Å². The third-order valence-corrected chi connectivity index (χ3v) is 3.50. The molecule has 0 unspecified atom stereocenters. The van der Waals surface area contributed by atoms with E-state index in [0.29, 0.717) is 18.8 Å². The maximum Gasteiger partial charge on any atom is 0.410 e. The number of anilines is 1. The fraction of sp³-hybridized carbons (Fsp3) is 0.500. The minimum absolute atomic E-state index is 0.106. The summed E-state index contributed by atoms with van der Waals surface area (Å²) in [5.74, 6) is -0.132. The number of likely N-dealkylation sites (tertiary alicyclic amines) is 1. The Morgan fingerprint density at radius 1 is 1.33 bits per heavy atom. The number of hydrogen-bond donors (Lipinski definition) is 2. The minimum atomic E-state index is -0.492. The number of ether oxygens (including phenoxy) is 1. The molecule has 5 nitrogen and oxygen atoms in total. The van der Waals surface area contributed by atoms with Gasteiger partial charge in [-0.25, -0.2) is 4.79 Å². The molecule has 2 N–H and O–H groups in total. The van der Waals surface area contributed by atoms with Gasteiger partial charge in [-0.05, 0) is 32.9 Å². The van der Waals surface area contributed by atoms with Gasteiger partial charge in [0, 0.05) is 18.8 Å². The van der Waals surface area contributed by atoms with E-state index >= 15 is 0 Å². The lowest BCUT2D eigenvalue weighted by molar-refractivity contribution is 0.0105. The molecule has 0 radical (unpaired) electrons. The zero-order valence-corrected chi connectivity index (χ0v) is 13.6. The largest absolute Gasteiger partial charge is 0.505 e. The highest BCUT2D eigenvalue weighted by molar-refractivity contribution is 6.37. The van der Waals surface area contributed by atoms with E-state index in [4.69, 9.17) is 27.9 Å². The van der Waals surface area contributed by atoms with Crippen molar-refractivity contribution in [1.82, 2.24) is 4.90 Å². The van der Waals surface area contributed by atoms with Crippen LogP contribution in [0.2, 0.25) is 10.0 Å². The number of nitrogens with one attached hydrogen (secondary N) is 1. The van der Waals surface area contributed by atoms with Crippen LogP contribution in [-0.4, -0.2) is 40.8 Å². The zero-order valence-electron chi connectivity index (χ0n) is 12.1. The molecule has 21 heavy (non-hydrogen) atoms. The van der Waals surface area contributed by atoms with Gasteiger partial charge in [0.15, 0.2) is 5.75 Å². The number of halogens is 2. The standard InChI is InChI=1S/C14H18Cl2N2O3/c1-14(2,3)21-13(20)18-6-9(7-18)17-8-4-10(15)12(19)11(16)5-8/h4-5,9,17,19H,6-7H2,1-3H3. The lowest BCUT2D eigenvalue weighted by atomic mass is 10.1. The topological polar surface area (TPSA) is 61.8 Å². The smallest absolute Gasteiger partial charge is 0.410 e. The molecule has 116 valence electrons. The van der Waals surface area contributed by atoms with E-state index in [1.165, 1.54) is 0 Å². The second-order valence-corrected chi connectivity index (χ2v) is 6.83. The molecule has 0 saturated carbocycles. The molecular formula is C14H18Cl2N2O3. The van der Waals surface area contributed by atoms with Gasteiger partial charge in [0.05, 0.1) is 16.1 Å². The maximum absolute atomic E-state index is 11.8. The molecule has 7 heteroatoms. The van der Waals surface area contributed by atoms with Gasteiger partial charge >= 0.3 is 6.09 Å². The number of aromatic hydroxyl groups is 1. The Bertz CT molecular complexity index is 529. The van der Waals surface area contributed by atoms with Crippen LogP contribution in [0.5, 0.6) is 5.75 Å². The molecule has 0 aliphatic carbocycles. The number of carbonyl (C=O) groups is 1. The van der Waals surface area contributed by atoms with Crippen molar-refractivity contribution in [2.24, 2.45) is 0 Å². The Hall–Kier alpha value is -1.33. The van der Waals surface area contributed by atoms with Crippen molar-refractivity contribution in [2.75, 3.05) is 18.4 Å². The normalized spacial score (nSPS) is 15.6. The van der Waals surface area contributed by atoms with E-state index in [9.17, 15) is 9.90 Å². The fourth-order valence-corrected chi connectivity index (χ4v) is 2.42. The van der Waals surface area contributed by atoms with E-state index in [2.05, 4.69) is 5.32 Å². The first-order valence-corrected chi connectivity index (χ1v) is 7.34. The lowest BCUT2D eigenvalue weighted by Gasteiger charge is -2.40. The van der Waals surface area contributed by atoms with Crippen LogP contribution >= 0.6 is 23.2 Å². The number of amides is 1. The van der Waals surface area contributed by atoms with Crippen LogP contribution < -0.4 is 5.32 Å². The molecule has 1 aliphatic heterocycles.